The standard InChI is InChI=1S/C15H16N2O2S/c1-10-8-15(17-11(2)16-10)20-9-14(18)12-4-6-13(19-3)7-5-12/h4-8H,9H2,1-3H3. The minimum Gasteiger partial charge on any atom is -0.497 e. The molecule has 1 aromatic carbocycles. The summed E-state index contributed by atoms with van der Waals surface area (Å²) in [6.07, 6.45) is 0. The quantitative estimate of drug-likeness (QED) is 0.481. The number of methoxy groups -OCH3 is 1. The lowest BCUT2D eigenvalue weighted by atomic mass is 10.1. The van der Waals surface area contributed by atoms with Crippen molar-refractivity contribution in [3.05, 3.63) is 47.4 Å². The van der Waals surface area contributed by atoms with Crippen molar-refractivity contribution in [3.8, 4) is 5.75 Å². The number of ketones is 1. The Balaban J connectivity index is 2.00. The Kier molecular flexibility index (Phi) is 4.74. The summed E-state index contributed by atoms with van der Waals surface area (Å²) in [4.78, 5) is 20.6. The number of hydrogen-bond acceptors (Lipinski definition) is 5. The van der Waals surface area contributed by atoms with Crippen LogP contribution in [0.4, 0.5) is 0 Å². The van der Waals surface area contributed by atoms with Crippen LogP contribution in [-0.4, -0.2) is 28.6 Å². The molecule has 0 aliphatic rings. The Morgan fingerprint density at radius 2 is 1.90 bits per heavy atom. The van der Waals surface area contributed by atoms with Crippen LogP contribution in [0.2, 0.25) is 0 Å². The zero-order valence-corrected chi connectivity index (χ0v) is 12.5. The monoisotopic (exact) mass is 288 g/mol. The molecule has 20 heavy (non-hydrogen) atoms. The van der Waals surface area contributed by atoms with Gasteiger partial charge in [-0.15, -0.1) is 0 Å². The maximum absolute atomic E-state index is 12.1. The molecule has 0 N–H and O–H groups in total. The number of Topliss-reactive ketones (excluding diaryl/α,β-unsaturated/α-hetero) is 1. The van der Waals surface area contributed by atoms with Gasteiger partial charge in [0.05, 0.1) is 12.9 Å². The van der Waals surface area contributed by atoms with Gasteiger partial charge in [0.2, 0.25) is 0 Å². The van der Waals surface area contributed by atoms with Gasteiger partial charge < -0.3 is 4.74 Å². The number of benzene rings is 1. The highest BCUT2D eigenvalue weighted by Gasteiger charge is 2.08. The fourth-order valence-corrected chi connectivity index (χ4v) is 2.65. The van der Waals surface area contributed by atoms with E-state index in [0.29, 0.717) is 11.3 Å². The predicted octanol–water partition coefficient (Wildman–Crippen LogP) is 3.08. The highest BCUT2D eigenvalue weighted by Crippen LogP contribution is 2.19. The average Bonchev–Trinajstić information content (AvgIpc) is 2.44. The largest absolute Gasteiger partial charge is 0.497 e. The molecule has 0 aliphatic heterocycles. The Morgan fingerprint density at radius 1 is 1.20 bits per heavy atom. The highest BCUT2D eigenvalue weighted by molar-refractivity contribution is 7.99. The Bertz CT molecular complexity index is 592. The van der Waals surface area contributed by atoms with Gasteiger partial charge in [-0.1, -0.05) is 11.8 Å². The smallest absolute Gasteiger partial charge is 0.173 e. The van der Waals surface area contributed by atoms with Crippen LogP contribution in [0.15, 0.2) is 35.4 Å². The van der Waals surface area contributed by atoms with Gasteiger partial charge in [-0.2, -0.15) is 0 Å². The molecule has 0 radical (unpaired) electrons. The summed E-state index contributed by atoms with van der Waals surface area (Å²) in [5, 5.41) is 0.830. The fraction of sp³-hybridized carbons (Fsp3) is 0.267. The van der Waals surface area contributed by atoms with E-state index in [4.69, 9.17) is 4.74 Å². The summed E-state index contributed by atoms with van der Waals surface area (Å²) >= 11 is 1.43. The molecule has 0 atom stereocenters. The molecule has 0 bridgehead atoms. The zero-order valence-electron chi connectivity index (χ0n) is 11.7. The summed E-state index contributed by atoms with van der Waals surface area (Å²) in [5.41, 5.74) is 1.60. The van der Waals surface area contributed by atoms with Crippen molar-refractivity contribution in [1.82, 2.24) is 9.97 Å². The maximum atomic E-state index is 12.1. The molecular formula is C15H16N2O2S. The van der Waals surface area contributed by atoms with Crippen molar-refractivity contribution in [2.75, 3.05) is 12.9 Å². The van der Waals surface area contributed by atoms with E-state index < -0.39 is 0 Å². The molecular weight excluding hydrogens is 272 g/mol. The van der Waals surface area contributed by atoms with Gasteiger partial charge in [-0.3, -0.25) is 4.79 Å². The first-order valence-electron chi connectivity index (χ1n) is 6.21. The molecule has 0 saturated heterocycles. The van der Waals surface area contributed by atoms with Crippen LogP contribution < -0.4 is 4.74 Å². The third-order valence-corrected chi connectivity index (χ3v) is 3.62. The number of ether oxygens (including phenoxy) is 1. The lowest BCUT2D eigenvalue weighted by Crippen LogP contribution is -2.03. The molecule has 1 heterocycles. The molecule has 0 saturated carbocycles. The number of aromatic nitrogens is 2. The number of carbonyl (C=O) groups excluding carboxylic acids is 1. The lowest BCUT2D eigenvalue weighted by Gasteiger charge is -2.04. The van der Waals surface area contributed by atoms with Crippen molar-refractivity contribution in [2.24, 2.45) is 0 Å². The Morgan fingerprint density at radius 3 is 2.50 bits per heavy atom. The third-order valence-electron chi connectivity index (χ3n) is 2.71. The number of nitrogens with zero attached hydrogens (tertiary/aromatic N) is 2. The number of hydrogen-bond donors (Lipinski definition) is 0. The highest BCUT2D eigenvalue weighted by atomic mass is 32.2. The normalized spacial score (nSPS) is 10.3. The van der Waals surface area contributed by atoms with E-state index in [1.54, 1.807) is 31.4 Å². The Hall–Kier alpha value is -1.88. The van der Waals surface area contributed by atoms with Crippen molar-refractivity contribution in [3.63, 3.8) is 0 Å². The first-order chi connectivity index (χ1) is 9.58. The van der Waals surface area contributed by atoms with Crippen LogP contribution in [0, 0.1) is 13.8 Å². The van der Waals surface area contributed by atoms with E-state index >= 15 is 0 Å². The zero-order chi connectivity index (χ0) is 14.5. The van der Waals surface area contributed by atoms with Crippen LogP contribution >= 0.6 is 11.8 Å². The van der Waals surface area contributed by atoms with Crippen LogP contribution in [0.3, 0.4) is 0 Å². The third kappa shape index (κ3) is 3.81. The molecule has 0 amide bonds. The summed E-state index contributed by atoms with van der Waals surface area (Å²) < 4.78 is 5.07. The Labute approximate surface area is 122 Å². The first kappa shape index (κ1) is 14.5. The van der Waals surface area contributed by atoms with Gasteiger partial charge >= 0.3 is 0 Å². The van der Waals surface area contributed by atoms with E-state index in [1.807, 2.05) is 19.9 Å². The number of aryl methyl sites for hydroxylation is 2. The van der Waals surface area contributed by atoms with Crippen LogP contribution in [0.5, 0.6) is 5.75 Å². The van der Waals surface area contributed by atoms with Gasteiger partial charge in [0.15, 0.2) is 5.78 Å². The van der Waals surface area contributed by atoms with E-state index in [0.717, 1.165) is 22.3 Å². The minimum absolute atomic E-state index is 0.0755. The number of thioether (sulfide) groups is 1. The molecule has 0 unspecified atom stereocenters. The van der Waals surface area contributed by atoms with Gasteiger partial charge in [0.1, 0.15) is 16.6 Å². The van der Waals surface area contributed by atoms with Crippen LogP contribution in [0.25, 0.3) is 0 Å². The van der Waals surface area contributed by atoms with Crippen LogP contribution in [-0.2, 0) is 0 Å². The molecule has 5 heteroatoms. The van der Waals surface area contributed by atoms with Crippen molar-refractivity contribution in [2.45, 2.75) is 18.9 Å². The first-order valence-corrected chi connectivity index (χ1v) is 7.19. The minimum atomic E-state index is 0.0755. The van der Waals surface area contributed by atoms with Crippen molar-refractivity contribution in [1.29, 1.82) is 0 Å². The summed E-state index contributed by atoms with van der Waals surface area (Å²) in [5.74, 6) is 1.91. The molecule has 4 nitrogen and oxygen atoms in total. The number of carbonyl (C=O) groups is 1. The average molecular weight is 288 g/mol. The van der Waals surface area contributed by atoms with E-state index in [9.17, 15) is 4.79 Å². The second kappa shape index (κ2) is 6.52. The SMILES string of the molecule is COc1ccc(C(=O)CSc2cc(C)nc(C)n2)cc1. The second-order valence-corrected chi connectivity index (χ2v) is 5.33. The van der Waals surface area contributed by atoms with Gasteiger partial charge in [0.25, 0.3) is 0 Å². The van der Waals surface area contributed by atoms with Crippen LogP contribution in [0.1, 0.15) is 21.9 Å². The maximum Gasteiger partial charge on any atom is 0.173 e. The van der Waals surface area contributed by atoms with E-state index in [2.05, 4.69) is 9.97 Å². The molecule has 2 rings (SSSR count). The van der Waals surface area contributed by atoms with Gasteiger partial charge in [-0.25, -0.2) is 9.97 Å². The van der Waals surface area contributed by atoms with Crippen molar-refractivity contribution >= 4 is 17.5 Å². The number of rotatable bonds is 5. The molecule has 1 aromatic heterocycles. The fourth-order valence-electron chi connectivity index (χ4n) is 1.76. The van der Waals surface area contributed by atoms with E-state index in [-0.39, 0.29) is 5.78 Å². The summed E-state index contributed by atoms with van der Waals surface area (Å²) in [7, 11) is 1.60. The summed E-state index contributed by atoms with van der Waals surface area (Å²) in [6.45, 7) is 3.77. The molecule has 0 spiro atoms. The topological polar surface area (TPSA) is 52.1 Å². The van der Waals surface area contributed by atoms with Crippen molar-refractivity contribution < 1.29 is 9.53 Å². The lowest BCUT2D eigenvalue weighted by molar-refractivity contribution is 0.102. The van der Waals surface area contributed by atoms with Gasteiger partial charge in [0, 0.05) is 11.3 Å². The second-order valence-electron chi connectivity index (χ2n) is 4.34. The molecule has 104 valence electrons. The molecule has 0 fully saturated rings. The molecule has 2 aromatic rings. The predicted molar refractivity (Wildman–Crippen MR) is 79.6 cm³/mol. The molecule has 0 aliphatic carbocycles. The summed E-state index contributed by atoms with van der Waals surface area (Å²) in [6, 6.07) is 9.02. The van der Waals surface area contributed by atoms with E-state index in [1.165, 1.54) is 11.8 Å². The van der Waals surface area contributed by atoms with Gasteiger partial charge in [-0.05, 0) is 44.2 Å².